The van der Waals surface area contributed by atoms with Gasteiger partial charge in [-0.05, 0) is 38.3 Å². The fourth-order valence-electron chi connectivity index (χ4n) is 2.23. The van der Waals surface area contributed by atoms with Crippen molar-refractivity contribution in [2.24, 2.45) is 0 Å². The summed E-state index contributed by atoms with van der Waals surface area (Å²) in [5, 5.41) is 9.99. The second-order valence-electron chi connectivity index (χ2n) is 5.01. The van der Waals surface area contributed by atoms with Crippen molar-refractivity contribution >= 4 is 5.91 Å². The highest BCUT2D eigenvalue weighted by atomic mass is 16.3. The zero-order valence-electron chi connectivity index (χ0n) is 10.2. The molecule has 2 rings (SSSR count). The molecule has 1 N–H and O–H groups in total. The van der Waals surface area contributed by atoms with E-state index in [1.54, 1.807) is 0 Å². The fraction of sp³-hybridized carbons (Fsp3) is 0.500. The fourth-order valence-corrected chi connectivity index (χ4v) is 2.23. The minimum absolute atomic E-state index is 0.0725. The number of aliphatic hydroxyl groups is 1. The predicted molar refractivity (Wildman–Crippen MR) is 66.8 cm³/mol. The highest BCUT2D eigenvalue weighted by Crippen LogP contribution is 2.22. The SMILES string of the molecule is CC1(O)CCCN(C(=O)c2ccccc2)CC1. The number of hydrogen-bond acceptors (Lipinski definition) is 2. The quantitative estimate of drug-likeness (QED) is 0.806. The predicted octanol–water partition coefficient (Wildman–Crippen LogP) is 2.06. The Kier molecular flexibility index (Phi) is 3.48. The molecule has 0 aliphatic carbocycles. The van der Waals surface area contributed by atoms with E-state index >= 15 is 0 Å². The molecule has 0 spiro atoms. The van der Waals surface area contributed by atoms with Gasteiger partial charge in [-0.1, -0.05) is 18.2 Å². The molecule has 1 unspecified atom stereocenters. The lowest BCUT2D eigenvalue weighted by Gasteiger charge is -2.22. The van der Waals surface area contributed by atoms with Crippen molar-refractivity contribution in [2.75, 3.05) is 13.1 Å². The van der Waals surface area contributed by atoms with Gasteiger partial charge in [0.25, 0.3) is 5.91 Å². The first-order valence-corrected chi connectivity index (χ1v) is 6.15. The van der Waals surface area contributed by atoms with Crippen LogP contribution >= 0.6 is 0 Å². The Balaban J connectivity index is 2.06. The molecule has 1 atom stereocenters. The van der Waals surface area contributed by atoms with Gasteiger partial charge in [-0.15, -0.1) is 0 Å². The first-order valence-electron chi connectivity index (χ1n) is 6.15. The number of hydrogen-bond donors (Lipinski definition) is 1. The second kappa shape index (κ2) is 4.88. The lowest BCUT2D eigenvalue weighted by molar-refractivity contribution is 0.0438. The topological polar surface area (TPSA) is 40.5 Å². The van der Waals surface area contributed by atoms with Crippen LogP contribution in [0.1, 0.15) is 36.5 Å². The van der Waals surface area contributed by atoms with Gasteiger partial charge in [0.05, 0.1) is 5.60 Å². The molecule has 3 nitrogen and oxygen atoms in total. The summed E-state index contributed by atoms with van der Waals surface area (Å²) in [4.78, 5) is 14.1. The minimum atomic E-state index is -0.619. The van der Waals surface area contributed by atoms with Crippen LogP contribution in [0, 0.1) is 0 Å². The zero-order valence-corrected chi connectivity index (χ0v) is 10.2. The molecule has 1 aromatic rings. The molecule has 1 aliphatic heterocycles. The summed E-state index contributed by atoms with van der Waals surface area (Å²) >= 11 is 0. The summed E-state index contributed by atoms with van der Waals surface area (Å²) in [6.07, 6.45) is 2.29. The number of nitrogens with zero attached hydrogens (tertiary/aromatic N) is 1. The van der Waals surface area contributed by atoms with Gasteiger partial charge >= 0.3 is 0 Å². The Morgan fingerprint density at radius 2 is 1.94 bits per heavy atom. The molecule has 1 aliphatic rings. The zero-order chi connectivity index (χ0) is 12.3. The molecule has 0 saturated carbocycles. The molecule has 1 saturated heterocycles. The van der Waals surface area contributed by atoms with Crippen molar-refractivity contribution in [1.29, 1.82) is 0 Å². The number of carbonyl (C=O) groups is 1. The van der Waals surface area contributed by atoms with E-state index in [4.69, 9.17) is 0 Å². The summed E-state index contributed by atoms with van der Waals surface area (Å²) in [5.74, 6) is 0.0725. The van der Waals surface area contributed by atoms with E-state index in [-0.39, 0.29) is 5.91 Å². The van der Waals surface area contributed by atoms with Gasteiger partial charge in [0, 0.05) is 18.7 Å². The van der Waals surface area contributed by atoms with Gasteiger partial charge in [-0.3, -0.25) is 4.79 Å². The van der Waals surface area contributed by atoms with E-state index in [0.717, 1.165) is 24.9 Å². The molecule has 0 bridgehead atoms. The maximum atomic E-state index is 12.2. The number of amides is 1. The summed E-state index contributed by atoms with van der Waals surface area (Å²) in [6, 6.07) is 9.34. The van der Waals surface area contributed by atoms with E-state index in [0.29, 0.717) is 13.0 Å². The highest BCUT2D eigenvalue weighted by molar-refractivity contribution is 5.94. The Morgan fingerprint density at radius 1 is 1.24 bits per heavy atom. The molecule has 1 heterocycles. The summed E-state index contributed by atoms with van der Waals surface area (Å²) in [5.41, 5.74) is 0.111. The Hall–Kier alpha value is -1.35. The maximum absolute atomic E-state index is 12.2. The molecule has 3 heteroatoms. The van der Waals surface area contributed by atoms with Crippen molar-refractivity contribution in [2.45, 2.75) is 31.8 Å². The number of benzene rings is 1. The van der Waals surface area contributed by atoms with Crippen LogP contribution in [0.25, 0.3) is 0 Å². The number of likely N-dealkylation sites (tertiary alicyclic amines) is 1. The summed E-state index contributed by atoms with van der Waals surface area (Å²) < 4.78 is 0. The average molecular weight is 233 g/mol. The van der Waals surface area contributed by atoms with Gasteiger partial charge in [-0.2, -0.15) is 0 Å². The molecule has 17 heavy (non-hydrogen) atoms. The number of carbonyl (C=O) groups excluding carboxylic acids is 1. The second-order valence-corrected chi connectivity index (χ2v) is 5.01. The van der Waals surface area contributed by atoms with Crippen LogP contribution in [0.3, 0.4) is 0 Å². The lowest BCUT2D eigenvalue weighted by atomic mass is 9.98. The molecule has 1 fully saturated rings. The Labute approximate surface area is 102 Å². The van der Waals surface area contributed by atoms with E-state index in [1.807, 2.05) is 42.2 Å². The van der Waals surface area contributed by atoms with Crippen LogP contribution in [0.5, 0.6) is 0 Å². The Morgan fingerprint density at radius 3 is 2.65 bits per heavy atom. The van der Waals surface area contributed by atoms with Crippen molar-refractivity contribution in [3.63, 3.8) is 0 Å². The molecular formula is C14H19NO2. The van der Waals surface area contributed by atoms with Crippen LogP contribution < -0.4 is 0 Å². The average Bonchev–Trinajstić information content (AvgIpc) is 2.50. The smallest absolute Gasteiger partial charge is 0.253 e. The van der Waals surface area contributed by atoms with E-state index in [2.05, 4.69) is 0 Å². The van der Waals surface area contributed by atoms with Gasteiger partial charge < -0.3 is 10.0 Å². The maximum Gasteiger partial charge on any atom is 0.253 e. The first-order chi connectivity index (χ1) is 8.08. The van der Waals surface area contributed by atoms with Crippen LogP contribution in [-0.2, 0) is 0 Å². The normalized spacial score (nSPS) is 25.4. The van der Waals surface area contributed by atoms with Crippen molar-refractivity contribution in [3.05, 3.63) is 35.9 Å². The third kappa shape index (κ3) is 3.07. The standard InChI is InChI=1S/C14H19NO2/c1-14(17)8-5-10-15(11-9-14)13(16)12-6-3-2-4-7-12/h2-4,6-7,17H,5,8-11H2,1H3. The number of rotatable bonds is 1. The third-order valence-corrected chi connectivity index (χ3v) is 3.37. The molecule has 0 aromatic heterocycles. The van der Waals surface area contributed by atoms with Gasteiger partial charge in [0.1, 0.15) is 0 Å². The Bertz CT molecular complexity index is 386. The largest absolute Gasteiger partial charge is 0.390 e. The van der Waals surface area contributed by atoms with Crippen LogP contribution in [0.15, 0.2) is 30.3 Å². The van der Waals surface area contributed by atoms with Gasteiger partial charge in [0.2, 0.25) is 0 Å². The summed E-state index contributed by atoms with van der Waals surface area (Å²) in [7, 11) is 0. The van der Waals surface area contributed by atoms with Crippen molar-refractivity contribution in [3.8, 4) is 0 Å². The van der Waals surface area contributed by atoms with E-state index in [9.17, 15) is 9.90 Å². The monoisotopic (exact) mass is 233 g/mol. The van der Waals surface area contributed by atoms with Gasteiger partial charge in [0.15, 0.2) is 0 Å². The molecule has 1 amide bonds. The van der Waals surface area contributed by atoms with Gasteiger partial charge in [-0.25, -0.2) is 0 Å². The van der Waals surface area contributed by atoms with Crippen LogP contribution in [0.4, 0.5) is 0 Å². The molecular weight excluding hydrogens is 214 g/mol. The first kappa shape index (κ1) is 12.1. The van der Waals surface area contributed by atoms with Crippen molar-refractivity contribution in [1.82, 2.24) is 4.90 Å². The summed E-state index contributed by atoms with van der Waals surface area (Å²) in [6.45, 7) is 3.23. The molecule has 1 aromatic carbocycles. The van der Waals surface area contributed by atoms with Crippen LogP contribution in [-0.4, -0.2) is 34.6 Å². The third-order valence-electron chi connectivity index (χ3n) is 3.37. The van der Waals surface area contributed by atoms with Crippen molar-refractivity contribution < 1.29 is 9.90 Å². The lowest BCUT2D eigenvalue weighted by Crippen LogP contribution is -2.33. The highest BCUT2D eigenvalue weighted by Gasteiger charge is 2.27. The van der Waals surface area contributed by atoms with E-state index in [1.165, 1.54) is 0 Å². The minimum Gasteiger partial charge on any atom is -0.390 e. The van der Waals surface area contributed by atoms with Crippen LogP contribution in [0.2, 0.25) is 0 Å². The van der Waals surface area contributed by atoms with E-state index < -0.39 is 5.60 Å². The molecule has 0 radical (unpaired) electrons. The molecule has 92 valence electrons.